The highest BCUT2D eigenvalue weighted by atomic mass is 32.1. The van der Waals surface area contributed by atoms with Gasteiger partial charge in [0.2, 0.25) is 0 Å². The zero-order valence-corrected chi connectivity index (χ0v) is 15.5. The number of nitrogens with zero attached hydrogens (tertiary/aromatic N) is 2. The van der Waals surface area contributed by atoms with E-state index in [0.29, 0.717) is 4.88 Å². The lowest BCUT2D eigenvalue weighted by Crippen LogP contribution is -2.44. The normalized spacial score (nSPS) is 16.1. The number of thiazole rings is 1. The summed E-state index contributed by atoms with van der Waals surface area (Å²) in [6, 6.07) is 6.44. The summed E-state index contributed by atoms with van der Waals surface area (Å²) in [7, 11) is 0. The first kappa shape index (κ1) is 18.0. The van der Waals surface area contributed by atoms with Crippen molar-refractivity contribution < 1.29 is 9.18 Å². The van der Waals surface area contributed by atoms with Gasteiger partial charge in [0.05, 0.1) is 5.69 Å². The first-order valence-electron chi connectivity index (χ1n) is 8.83. The largest absolute Gasteiger partial charge is 0.348 e. The van der Waals surface area contributed by atoms with Crippen molar-refractivity contribution in [1.82, 2.24) is 15.2 Å². The zero-order valence-electron chi connectivity index (χ0n) is 14.7. The minimum Gasteiger partial charge on any atom is -0.348 e. The van der Waals surface area contributed by atoms with Crippen molar-refractivity contribution in [2.24, 2.45) is 0 Å². The molecule has 4 nitrogen and oxygen atoms in total. The van der Waals surface area contributed by atoms with E-state index in [4.69, 9.17) is 0 Å². The molecular weight excluding hydrogens is 337 g/mol. The number of rotatable bonds is 5. The van der Waals surface area contributed by atoms with Crippen molar-refractivity contribution in [2.75, 3.05) is 19.6 Å². The van der Waals surface area contributed by atoms with Crippen molar-refractivity contribution in [3.05, 3.63) is 40.7 Å². The number of hydrogen-bond acceptors (Lipinski definition) is 4. The third kappa shape index (κ3) is 4.44. The average Bonchev–Trinajstić information content (AvgIpc) is 2.99. The first-order valence-corrected chi connectivity index (χ1v) is 9.65. The van der Waals surface area contributed by atoms with Crippen LogP contribution < -0.4 is 5.32 Å². The van der Waals surface area contributed by atoms with Gasteiger partial charge in [0.15, 0.2) is 0 Å². The lowest BCUT2D eigenvalue weighted by Gasteiger charge is -2.31. The summed E-state index contributed by atoms with van der Waals surface area (Å²) in [5.41, 5.74) is 1.56. The van der Waals surface area contributed by atoms with Crippen molar-refractivity contribution in [3.8, 4) is 10.6 Å². The number of halogens is 1. The molecule has 1 aliphatic rings. The molecule has 1 fully saturated rings. The number of benzene rings is 1. The van der Waals surface area contributed by atoms with E-state index in [-0.39, 0.29) is 17.8 Å². The van der Waals surface area contributed by atoms with Gasteiger partial charge in [-0.1, -0.05) is 6.92 Å². The molecule has 0 spiro atoms. The number of aryl methyl sites for hydroxylation is 1. The van der Waals surface area contributed by atoms with Crippen LogP contribution >= 0.6 is 11.3 Å². The third-order valence-corrected chi connectivity index (χ3v) is 5.76. The molecule has 0 bridgehead atoms. The summed E-state index contributed by atoms with van der Waals surface area (Å²) >= 11 is 1.37. The number of amides is 1. The fourth-order valence-corrected chi connectivity index (χ4v) is 4.17. The van der Waals surface area contributed by atoms with Crippen LogP contribution in [0.15, 0.2) is 24.3 Å². The molecule has 1 aromatic carbocycles. The van der Waals surface area contributed by atoms with Crippen molar-refractivity contribution in [1.29, 1.82) is 0 Å². The van der Waals surface area contributed by atoms with Gasteiger partial charge in [-0.15, -0.1) is 11.3 Å². The van der Waals surface area contributed by atoms with Crippen LogP contribution in [0.2, 0.25) is 0 Å². The number of hydrogen-bond donors (Lipinski definition) is 1. The van der Waals surface area contributed by atoms with E-state index < -0.39 is 0 Å². The maximum absolute atomic E-state index is 13.1. The molecule has 1 N–H and O–H groups in total. The number of carbonyl (C=O) groups is 1. The van der Waals surface area contributed by atoms with Crippen LogP contribution in [0.5, 0.6) is 0 Å². The second-order valence-corrected chi connectivity index (χ2v) is 7.53. The monoisotopic (exact) mass is 361 g/mol. The summed E-state index contributed by atoms with van der Waals surface area (Å²) in [5, 5.41) is 3.91. The summed E-state index contributed by atoms with van der Waals surface area (Å²) in [6.07, 6.45) is 3.16. The Labute approximate surface area is 152 Å². The molecule has 25 heavy (non-hydrogen) atoms. The Morgan fingerprint density at radius 1 is 1.32 bits per heavy atom. The van der Waals surface area contributed by atoms with Crippen LogP contribution in [0.4, 0.5) is 4.39 Å². The molecule has 6 heteroatoms. The van der Waals surface area contributed by atoms with Gasteiger partial charge in [-0.2, -0.15) is 0 Å². The van der Waals surface area contributed by atoms with Crippen LogP contribution in [0.1, 0.15) is 41.6 Å². The van der Waals surface area contributed by atoms with Gasteiger partial charge < -0.3 is 10.2 Å². The highest BCUT2D eigenvalue weighted by molar-refractivity contribution is 7.17. The van der Waals surface area contributed by atoms with Gasteiger partial charge in [0.1, 0.15) is 15.7 Å². The smallest absolute Gasteiger partial charge is 0.263 e. The van der Waals surface area contributed by atoms with E-state index in [0.717, 1.165) is 48.7 Å². The second kappa shape index (κ2) is 8.06. The molecule has 0 atom stereocenters. The molecule has 1 aliphatic heterocycles. The molecule has 2 heterocycles. The van der Waals surface area contributed by atoms with Crippen LogP contribution in [-0.2, 0) is 0 Å². The van der Waals surface area contributed by atoms with Crippen LogP contribution in [-0.4, -0.2) is 41.5 Å². The summed E-state index contributed by atoms with van der Waals surface area (Å²) < 4.78 is 13.1. The number of carbonyl (C=O) groups excluding carboxylic acids is 1. The summed E-state index contributed by atoms with van der Waals surface area (Å²) in [6.45, 7) is 7.26. The maximum atomic E-state index is 13.1. The molecule has 0 radical (unpaired) electrons. The topological polar surface area (TPSA) is 45.2 Å². The van der Waals surface area contributed by atoms with E-state index >= 15 is 0 Å². The van der Waals surface area contributed by atoms with Gasteiger partial charge in [-0.3, -0.25) is 4.79 Å². The molecule has 1 aromatic heterocycles. The lowest BCUT2D eigenvalue weighted by atomic mass is 10.0. The second-order valence-electron chi connectivity index (χ2n) is 6.53. The molecular formula is C19H24FN3OS. The number of piperidine rings is 1. The Kier molecular flexibility index (Phi) is 5.81. The number of aromatic nitrogens is 1. The van der Waals surface area contributed by atoms with Gasteiger partial charge >= 0.3 is 0 Å². The van der Waals surface area contributed by atoms with Crippen molar-refractivity contribution in [3.63, 3.8) is 0 Å². The highest BCUT2D eigenvalue weighted by Crippen LogP contribution is 2.28. The van der Waals surface area contributed by atoms with E-state index in [9.17, 15) is 9.18 Å². The number of likely N-dealkylation sites (tertiary alicyclic amines) is 1. The molecule has 0 unspecified atom stereocenters. The Morgan fingerprint density at radius 2 is 2.00 bits per heavy atom. The third-order valence-electron chi connectivity index (χ3n) is 4.56. The van der Waals surface area contributed by atoms with E-state index in [1.807, 2.05) is 6.92 Å². The van der Waals surface area contributed by atoms with Gasteiger partial charge in [0.25, 0.3) is 5.91 Å². The Balaban J connectivity index is 1.64. The summed E-state index contributed by atoms with van der Waals surface area (Å²) in [4.78, 5) is 20.2. The predicted molar refractivity (Wildman–Crippen MR) is 99.5 cm³/mol. The molecule has 1 amide bonds. The Bertz CT molecular complexity index is 721. The van der Waals surface area contributed by atoms with Crippen LogP contribution in [0.3, 0.4) is 0 Å². The van der Waals surface area contributed by atoms with Gasteiger partial charge in [-0.25, -0.2) is 9.37 Å². The first-order chi connectivity index (χ1) is 12.1. The van der Waals surface area contributed by atoms with Crippen molar-refractivity contribution in [2.45, 2.75) is 39.2 Å². The van der Waals surface area contributed by atoms with Crippen LogP contribution in [0.25, 0.3) is 10.6 Å². The van der Waals surface area contributed by atoms with E-state index in [1.165, 1.54) is 29.9 Å². The van der Waals surface area contributed by atoms with Crippen molar-refractivity contribution >= 4 is 17.2 Å². The highest BCUT2D eigenvalue weighted by Gasteiger charge is 2.23. The molecule has 3 rings (SSSR count). The number of nitrogens with one attached hydrogen (secondary N) is 1. The minimum atomic E-state index is -0.274. The van der Waals surface area contributed by atoms with E-state index in [2.05, 4.69) is 22.1 Å². The molecule has 0 saturated carbocycles. The zero-order chi connectivity index (χ0) is 17.8. The lowest BCUT2D eigenvalue weighted by molar-refractivity contribution is 0.0914. The van der Waals surface area contributed by atoms with E-state index in [1.54, 1.807) is 12.1 Å². The quantitative estimate of drug-likeness (QED) is 0.879. The SMILES string of the molecule is CCCN1CCC(NC(=O)c2sc(-c3ccc(F)cc3)nc2C)CC1. The van der Waals surface area contributed by atoms with Crippen LogP contribution in [0, 0.1) is 12.7 Å². The van der Waals surface area contributed by atoms with Gasteiger partial charge in [-0.05, 0) is 57.0 Å². The molecule has 2 aromatic rings. The standard InChI is InChI=1S/C19H24FN3OS/c1-3-10-23-11-8-16(9-12-23)22-18(24)17-13(2)21-19(25-17)14-4-6-15(20)7-5-14/h4-7,16H,3,8-12H2,1-2H3,(H,22,24). The van der Waals surface area contributed by atoms with Gasteiger partial charge in [0, 0.05) is 24.7 Å². The molecule has 134 valence electrons. The fourth-order valence-electron chi connectivity index (χ4n) is 3.19. The summed E-state index contributed by atoms with van der Waals surface area (Å²) in [5.74, 6) is -0.318. The Morgan fingerprint density at radius 3 is 2.64 bits per heavy atom. The maximum Gasteiger partial charge on any atom is 0.263 e. The minimum absolute atomic E-state index is 0.0442. The Hall–Kier alpha value is -1.79. The molecule has 1 saturated heterocycles. The predicted octanol–water partition coefficient (Wildman–Crippen LogP) is 3.86. The molecule has 0 aliphatic carbocycles. The average molecular weight is 361 g/mol. The fraction of sp³-hybridized carbons (Fsp3) is 0.474.